The summed E-state index contributed by atoms with van der Waals surface area (Å²) in [4.78, 5) is 10.3. The summed E-state index contributed by atoms with van der Waals surface area (Å²) < 4.78 is 10.8. The maximum atomic E-state index is 10.8. The van der Waals surface area contributed by atoms with Crippen LogP contribution in [0.5, 0.6) is 0 Å². The van der Waals surface area contributed by atoms with Crippen molar-refractivity contribution in [1.82, 2.24) is 0 Å². The smallest absolute Gasteiger partial charge is 0.153 e. The van der Waals surface area contributed by atoms with Crippen molar-refractivity contribution in [1.29, 1.82) is 0 Å². The van der Waals surface area contributed by atoms with Crippen molar-refractivity contribution in [3.63, 3.8) is 0 Å². The molecule has 0 fully saturated rings. The van der Waals surface area contributed by atoms with Gasteiger partial charge in [-0.1, -0.05) is 0 Å². The van der Waals surface area contributed by atoms with Gasteiger partial charge in [0.1, 0.15) is 0 Å². The summed E-state index contributed by atoms with van der Waals surface area (Å²) in [7, 11) is -1.02. The number of allylic oxidation sites excluding steroid dienone is 1. The fourth-order valence-electron chi connectivity index (χ4n) is 0.330. The molecule has 0 saturated carbocycles. The minimum atomic E-state index is -1.02. The molecule has 0 amide bonds. The summed E-state index contributed by atoms with van der Waals surface area (Å²) in [5.74, 6) is 1.01. The van der Waals surface area contributed by atoms with Crippen molar-refractivity contribution in [2.24, 2.45) is 0 Å². The third kappa shape index (κ3) is 6.04. The van der Waals surface area contributed by atoms with Gasteiger partial charge in [0.2, 0.25) is 0 Å². The first-order valence-electron chi connectivity index (χ1n) is 2.83. The molecule has 0 N–H and O–H groups in total. The third-order valence-corrected chi connectivity index (χ3v) is 2.32. The lowest BCUT2D eigenvalue weighted by Gasteiger charge is -1.87. The number of rotatable bonds is 4. The molecular weight excluding hydrogens is 168 g/mol. The molecule has 0 aliphatic heterocycles. The first-order chi connectivity index (χ1) is 4.66. The van der Waals surface area contributed by atoms with Crippen molar-refractivity contribution in [3.05, 3.63) is 11.5 Å². The van der Waals surface area contributed by atoms with Gasteiger partial charge < -0.3 is 0 Å². The number of ketones is 1. The van der Waals surface area contributed by atoms with Crippen molar-refractivity contribution in [2.75, 3.05) is 11.5 Å². The SMILES string of the molecule is CC(=O)/C=C/S(=O)CCS. The van der Waals surface area contributed by atoms with E-state index in [0.717, 1.165) is 0 Å². The van der Waals surface area contributed by atoms with Crippen LogP contribution >= 0.6 is 12.6 Å². The molecule has 10 heavy (non-hydrogen) atoms. The molecule has 0 aromatic carbocycles. The van der Waals surface area contributed by atoms with E-state index in [9.17, 15) is 9.00 Å². The molecule has 58 valence electrons. The lowest BCUT2D eigenvalue weighted by atomic mass is 10.5. The Morgan fingerprint density at radius 3 is 2.70 bits per heavy atom. The zero-order valence-corrected chi connectivity index (χ0v) is 7.45. The maximum Gasteiger partial charge on any atom is 0.153 e. The predicted molar refractivity (Wildman–Crippen MR) is 46.7 cm³/mol. The van der Waals surface area contributed by atoms with E-state index in [4.69, 9.17) is 0 Å². The molecule has 2 nitrogen and oxygen atoms in total. The molecule has 1 atom stereocenters. The molecule has 0 aromatic rings. The van der Waals surface area contributed by atoms with Crippen molar-refractivity contribution >= 4 is 29.2 Å². The van der Waals surface area contributed by atoms with Gasteiger partial charge in [0.25, 0.3) is 0 Å². The summed E-state index contributed by atoms with van der Waals surface area (Å²) in [6, 6.07) is 0. The normalized spacial score (nSPS) is 13.8. The highest BCUT2D eigenvalue weighted by molar-refractivity contribution is 7.89. The van der Waals surface area contributed by atoms with E-state index in [0.29, 0.717) is 11.5 Å². The average molecular weight is 178 g/mol. The molecule has 0 heterocycles. The summed E-state index contributed by atoms with van der Waals surface area (Å²) in [6.45, 7) is 1.42. The minimum absolute atomic E-state index is 0.0764. The number of hydrogen-bond donors (Lipinski definition) is 1. The average Bonchev–Trinajstić information content (AvgIpc) is 1.85. The van der Waals surface area contributed by atoms with Crippen LogP contribution < -0.4 is 0 Å². The number of hydrogen-bond acceptors (Lipinski definition) is 3. The van der Waals surface area contributed by atoms with Crippen LogP contribution in [-0.4, -0.2) is 21.5 Å². The summed E-state index contributed by atoms with van der Waals surface area (Å²) in [5.41, 5.74) is 0. The Balaban J connectivity index is 3.67. The Morgan fingerprint density at radius 1 is 1.70 bits per heavy atom. The molecule has 0 aliphatic rings. The van der Waals surface area contributed by atoms with Gasteiger partial charge in [-0.2, -0.15) is 12.6 Å². The van der Waals surface area contributed by atoms with E-state index in [1.807, 2.05) is 0 Å². The Bertz CT molecular complexity index is 163. The van der Waals surface area contributed by atoms with Gasteiger partial charge >= 0.3 is 0 Å². The Labute approximate surface area is 68.6 Å². The topological polar surface area (TPSA) is 34.1 Å². The van der Waals surface area contributed by atoms with Crippen molar-refractivity contribution in [3.8, 4) is 0 Å². The molecule has 0 radical (unpaired) electrons. The Kier molecular flexibility index (Phi) is 5.63. The highest BCUT2D eigenvalue weighted by Crippen LogP contribution is 1.87. The predicted octanol–water partition coefficient (Wildman–Crippen LogP) is 0.768. The summed E-state index contributed by atoms with van der Waals surface area (Å²) >= 11 is 3.89. The quantitative estimate of drug-likeness (QED) is 0.509. The van der Waals surface area contributed by atoms with Crippen LogP contribution in [0.4, 0.5) is 0 Å². The Hall–Kier alpha value is -0.0900. The van der Waals surface area contributed by atoms with Crippen LogP contribution in [0.3, 0.4) is 0 Å². The van der Waals surface area contributed by atoms with Crippen LogP contribution in [0.25, 0.3) is 0 Å². The van der Waals surface area contributed by atoms with Gasteiger partial charge in [-0.25, -0.2) is 0 Å². The van der Waals surface area contributed by atoms with Gasteiger partial charge in [0, 0.05) is 27.7 Å². The molecule has 0 bridgehead atoms. The van der Waals surface area contributed by atoms with Crippen LogP contribution in [0, 0.1) is 0 Å². The summed E-state index contributed by atoms with van der Waals surface area (Å²) in [5, 5.41) is 1.40. The molecule has 1 unspecified atom stereocenters. The van der Waals surface area contributed by atoms with Crippen LogP contribution in [0.1, 0.15) is 6.92 Å². The lowest BCUT2D eigenvalue weighted by Crippen LogP contribution is -1.94. The van der Waals surface area contributed by atoms with Crippen LogP contribution in [-0.2, 0) is 15.6 Å². The third-order valence-electron chi connectivity index (χ3n) is 0.747. The molecule has 0 spiro atoms. The highest BCUT2D eigenvalue weighted by Gasteiger charge is 1.90. The Morgan fingerprint density at radius 2 is 2.30 bits per heavy atom. The van der Waals surface area contributed by atoms with E-state index in [-0.39, 0.29) is 5.78 Å². The van der Waals surface area contributed by atoms with Gasteiger partial charge in [-0.15, -0.1) is 0 Å². The zero-order valence-electron chi connectivity index (χ0n) is 5.74. The largest absolute Gasteiger partial charge is 0.295 e. The minimum Gasteiger partial charge on any atom is -0.295 e. The van der Waals surface area contributed by atoms with E-state index < -0.39 is 10.8 Å². The zero-order chi connectivity index (χ0) is 7.98. The molecule has 0 aromatic heterocycles. The van der Waals surface area contributed by atoms with E-state index in [1.165, 1.54) is 18.4 Å². The van der Waals surface area contributed by atoms with Crippen molar-refractivity contribution < 1.29 is 9.00 Å². The van der Waals surface area contributed by atoms with Gasteiger partial charge in [-0.3, -0.25) is 9.00 Å². The highest BCUT2D eigenvalue weighted by atomic mass is 32.2. The van der Waals surface area contributed by atoms with Gasteiger partial charge in [-0.05, 0) is 13.0 Å². The second kappa shape index (κ2) is 5.68. The maximum absolute atomic E-state index is 10.8. The molecule has 4 heteroatoms. The second-order valence-corrected chi connectivity index (χ2v) is 3.61. The number of thiol groups is 1. The molecular formula is C6H10O2S2. The second-order valence-electron chi connectivity index (χ2n) is 1.72. The number of carbonyl (C=O) groups is 1. The van der Waals surface area contributed by atoms with Crippen LogP contribution in [0.2, 0.25) is 0 Å². The van der Waals surface area contributed by atoms with Crippen molar-refractivity contribution in [2.45, 2.75) is 6.92 Å². The van der Waals surface area contributed by atoms with Gasteiger partial charge in [0.15, 0.2) is 5.78 Å². The molecule has 0 saturated heterocycles. The molecule has 0 aliphatic carbocycles. The van der Waals surface area contributed by atoms with E-state index >= 15 is 0 Å². The molecule has 0 rings (SSSR count). The standard InChI is InChI=1S/C6H10O2S2/c1-6(7)2-4-10(8)5-3-9/h2,4,9H,3,5H2,1H3/b4-2+. The van der Waals surface area contributed by atoms with Crippen LogP contribution in [0.15, 0.2) is 11.5 Å². The van der Waals surface area contributed by atoms with E-state index in [1.54, 1.807) is 0 Å². The fourth-order valence-corrected chi connectivity index (χ4v) is 1.53. The fraction of sp³-hybridized carbons (Fsp3) is 0.500. The van der Waals surface area contributed by atoms with E-state index in [2.05, 4.69) is 12.6 Å². The van der Waals surface area contributed by atoms with Gasteiger partial charge in [0.05, 0.1) is 0 Å². The number of carbonyl (C=O) groups excluding carboxylic acids is 1. The summed E-state index contributed by atoms with van der Waals surface area (Å²) in [6.07, 6.45) is 1.32. The first kappa shape index (κ1) is 9.91. The first-order valence-corrected chi connectivity index (χ1v) is 4.85. The lowest BCUT2D eigenvalue weighted by molar-refractivity contribution is -0.112. The monoisotopic (exact) mass is 178 g/mol.